The predicted octanol–water partition coefficient (Wildman–Crippen LogP) is 2.34. The van der Waals surface area contributed by atoms with Crippen LogP contribution in [0.2, 0.25) is 0 Å². The molecule has 0 fully saturated rings. The molecule has 0 unspecified atom stereocenters. The number of fused-ring (bicyclic) bond motifs is 1. The Morgan fingerprint density at radius 2 is 1.80 bits per heavy atom. The number of nitrogens with one attached hydrogen (secondary N) is 1. The molecule has 1 aromatic heterocycles. The first-order valence-corrected chi connectivity index (χ1v) is 8.82. The first-order chi connectivity index (χ1) is 14.2. The zero-order chi connectivity index (χ0) is 22.0. The minimum Gasteiger partial charge on any atom is -0.507 e. The van der Waals surface area contributed by atoms with E-state index in [-0.39, 0.29) is 16.7 Å². The van der Waals surface area contributed by atoms with E-state index in [4.69, 9.17) is 14.3 Å². The third-order valence-electron chi connectivity index (χ3n) is 4.48. The molecular weight excluding hydrogens is 394 g/mol. The lowest BCUT2D eigenvalue weighted by molar-refractivity contribution is 0.0693. The van der Waals surface area contributed by atoms with E-state index >= 15 is 0 Å². The van der Waals surface area contributed by atoms with Crippen LogP contribution in [0.4, 0.5) is 0 Å². The van der Waals surface area contributed by atoms with Gasteiger partial charge in [0.25, 0.3) is 11.8 Å². The Hall–Kier alpha value is -4.14. The number of aromatic carboxylic acids is 1. The Balaban J connectivity index is 1.94. The van der Waals surface area contributed by atoms with E-state index in [0.717, 1.165) is 23.8 Å². The molecule has 154 valence electrons. The minimum absolute atomic E-state index is 0.179. The van der Waals surface area contributed by atoms with Crippen molar-refractivity contribution in [1.29, 1.82) is 0 Å². The van der Waals surface area contributed by atoms with Gasteiger partial charge in [0.15, 0.2) is 0 Å². The number of carboxylic acids is 1. The summed E-state index contributed by atoms with van der Waals surface area (Å²) >= 11 is 0. The van der Waals surface area contributed by atoms with Gasteiger partial charge in [0.2, 0.25) is 0 Å². The van der Waals surface area contributed by atoms with Crippen LogP contribution in [0.15, 0.2) is 45.6 Å². The SMILES string of the molecule is CCc1cc2cc(C(=O)NC(=O)c3ccc(O)c(C(=O)O)c3)c(=O)oc2cc1OC. The maximum absolute atomic E-state index is 12.5. The molecule has 9 heteroatoms. The van der Waals surface area contributed by atoms with Crippen molar-refractivity contribution in [3.05, 3.63) is 69.1 Å². The normalized spacial score (nSPS) is 10.6. The molecule has 2 amide bonds. The van der Waals surface area contributed by atoms with Gasteiger partial charge in [-0.15, -0.1) is 0 Å². The van der Waals surface area contributed by atoms with Gasteiger partial charge < -0.3 is 19.4 Å². The molecular formula is C21H17NO8. The van der Waals surface area contributed by atoms with Crippen molar-refractivity contribution < 1.29 is 33.8 Å². The van der Waals surface area contributed by atoms with E-state index in [1.165, 1.54) is 13.2 Å². The van der Waals surface area contributed by atoms with Crippen LogP contribution in [0.25, 0.3) is 11.0 Å². The molecule has 3 N–H and O–H groups in total. The highest BCUT2D eigenvalue weighted by Crippen LogP contribution is 2.26. The number of phenols is 1. The van der Waals surface area contributed by atoms with Crippen LogP contribution in [0, 0.1) is 0 Å². The van der Waals surface area contributed by atoms with Gasteiger partial charge in [-0.1, -0.05) is 6.92 Å². The van der Waals surface area contributed by atoms with Crippen molar-refractivity contribution >= 4 is 28.8 Å². The second-order valence-corrected chi connectivity index (χ2v) is 6.32. The molecule has 0 aliphatic rings. The number of imide groups is 1. The van der Waals surface area contributed by atoms with Crippen molar-refractivity contribution in [1.82, 2.24) is 5.32 Å². The first-order valence-electron chi connectivity index (χ1n) is 8.82. The fourth-order valence-electron chi connectivity index (χ4n) is 2.91. The van der Waals surface area contributed by atoms with Crippen LogP contribution in [-0.2, 0) is 6.42 Å². The van der Waals surface area contributed by atoms with E-state index in [1.54, 1.807) is 12.1 Å². The molecule has 0 radical (unpaired) electrons. The van der Waals surface area contributed by atoms with Crippen molar-refractivity contribution in [3.8, 4) is 11.5 Å². The average molecular weight is 411 g/mol. The number of carboxylic acid groups (broad SMARTS) is 1. The van der Waals surface area contributed by atoms with Crippen molar-refractivity contribution in [2.24, 2.45) is 0 Å². The molecule has 3 aromatic rings. The number of aryl methyl sites for hydroxylation is 1. The number of aromatic hydroxyl groups is 1. The summed E-state index contributed by atoms with van der Waals surface area (Å²) in [6.45, 7) is 1.91. The Bertz CT molecular complexity index is 1240. The standard InChI is InChI=1S/C21H17NO8/c1-3-10-6-12-8-14(21(28)30-17(12)9-16(10)29-2)19(25)22-18(24)11-4-5-15(23)13(7-11)20(26)27/h4-9,23H,3H2,1-2H3,(H,26,27)(H,22,24,25). The smallest absolute Gasteiger partial charge is 0.349 e. The molecule has 9 nitrogen and oxygen atoms in total. The van der Waals surface area contributed by atoms with Gasteiger partial charge in [0.05, 0.1) is 7.11 Å². The summed E-state index contributed by atoms with van der Waals surface area (Å²) in [6.07, 6.45) is 0.644. The van der Waals surface area contributed by atoms with Crippen molar-refractivity contribution in [3.63, 3.8) is 0 Å². The maximum Gasteiger partial charge on any atom is 0.349 e. The number of ether oxygens (including phenoxy) is 1. The van der Waals surface area contributed by atoms with E-state index in [9.17, 15) is 24.3 Å². The van der Waals surface area contributed by atoms with E-state index < -0.39 is 34.7 Å². The Kier molecular flexibility index (Phi) is 5.54. The summed E-state index contributed by atoms with van der Waals surface area (Å²) in [5, 5.41) is 21.0. The van der Waals surface area contributed by atoms with E-state index in [1.807, 2.05) is 12.2 Å². The topological polar surface area (TPSA) is 143 Å². The molecule has 0 saturated carbocycles. The molecule has 0 saturated heterocycles. The lowest BCUT2D eigenvalue weighted by Gasteiger charge is -2.09. The number of rotatable bonds is 5. The molecule has 0 aliphatic heterocycles. The summed E-state index contributed by atoms with van der Waals surface area (Å²) in [5.74, 6) is -3.36. The van der Waals surface area contributed by atoms with Crippen LogP contribution in [0.1, 0.15) is 43.6 Å². The van der Waals surface area contributed by atoms with Gasteiger partial charge in [-0.05, 0) is 42.3 Å². The van der Waals surface area contributed by atoms with Crippen molar-refractivity contribution in [2.45, 2.75) is 13.3 Å². The van der Waals surface area contributed by atoms with Crippen LogP contribution in [0.3, 0.4) is 0 Å². The number of carbonyl (C=O) groups is 3. The Labute approximate surface area is 169 Å². The summed E-state index contributed by atoms with van der Waals surface area (Å²) in [5.41, 5.74) is -0.951. The molecule has 0 spiro atoms. The maximum atomic E-state index is 12.5. The van der Waals surface area contributed by atoms with Crippen LogP contribution < -0.4 is 15.7 Å². The predicted molar refractivity (Wildman–Crippen MR) is 105 cm³/mol. The second kappa shape index (κ2) is 8.08. The number of hydrogen-bond acceptors (Lipinski definition) is 7. The lowest BCUT2D eigenvalue weighted by atomic mass is 10.1. The molecule has 0 aliphatic carbocycles. The highest BCUT2D eigenvalue weighted by Gasteiger charge is 2.20. The van der Waals surface area contributed by atoms with Gasteiger partial charge in [0.1, 0.15) is 28.2 Å². The number of hydrogen-bond donors (Lipinski definition) is 3. The third kappa shape index (κ3) is 3.86. The van der Waals surface area contributed by atoms with Gasteiger partial charge in [-0.3, -0.25) is 14.9 Å². The molecule has 0 bridgehead atoms. The number of carbonyl (C=O) groups excluding carboxylic acids is 2. The zero-order valence-corrected chi connectivity index (χ0v) is 16.0. The number of amides is 2. The summed E-state index contributed by atoms with van der Waals surface area (Å²) < 4.78 is 10.4. The molecule has 3 rings (SSSR count). The summed E-state index contributed by atoms with van der Waals surface area (Å²) in [4.78, 5) is 48.1. The summed E-state index contributed by atoms with van der Waals surface area (Å²) in [6, 6.07) is 7.66. The van der Waals surface area contributed by atoms with Crippen LogP contribution >= 0.6 is 0 Å². The van der Waals surface area contributed by atoms with Crippen LogP contribution in [0.5, 0.6) is 11.5 Å². The zero-order valence-electron chi connectivity index (χ0n) is 16.0. The van der Waals surface area contributed by atoms with Gasteiger partial charge in [-0.2, -0.15) is 0 Å². The lowest BCUT2D eigenvalue weighted by Crippen LogP contribution is -2.33. The first kappa shape index (κ1) is 20.6. The summed E-state index contributed by atoms with van der Waals surface area (Å²) in [7, 11) is 1.49. The molecule has 0 atom stereocenters. The molecule has 1 heterocycles. The Morgan fingerprint density at radius 3 is 2.43 bits per heavy atom. The number of methoxy groups -OCH3 is 1. The fraction of sp³-hybridized carbons (Fsp3) is 0.143. The Morgan fingerprint density at radius 1 is 1.07 bits per heavy atom. The average Bonchev–Trinajstić information content (AvgIpc) is 2.72. The van der Waals surface area contributed by atoms with Crippen molar-refractivity contribution in [2.75, 3.05) is 7.11 Å². The molecule has 2 aromatic carbocycles. The minimum atomic E-state index is -1.44. The van der Waals surface area contributed by atoms with Gasteiger partial charge >= 0.3 is 11.6 Å². The monoisotopic (exact) mass is 411 g/mol. The number of benzene rings is 2. The highest BCUT2D eigenvalue weighted by atomic mass is 16.5. The van der Waals surface area contributed by atoms with Gasteiger partial charge in [-0.25, -0.2) is 9.59 Å². The van der Waals surface area contributed by atoms with Gasteiger partial charge in [0, 0.05) is 17.0 Å². The third-order valence-corrected chi connectivity index (χ3v) is 4.48. The van der Waals surface area contributed by atoms with E-state index in [2.05, 4.69) is 0 Å². The second-order valence-electron chi connectivity index (χ2n) is 6.32. The largest absolute Gasteiger partial charge is 0.507 e. The van der Waals surface area contributed by atoms with E-state index in [0.29, 0.717) is 17.6 Å². The molecule has 30 heavy (non-hydrogen) atoms. The van der Waals surface area contributed by atoms with Crippen LogP contribution in [-0.4, -0.2) is 35.1 Å². The quantitative estimate of drug-likeness (QED) is 0.429. The highest BCUT2D eigenvalue weighted by molar-refractivity contribution is 6.11. The fourth-order valence-corrected chi connectivity index (χ4v) is 2.91.